The minimum Gasteiger partial charge on any atom is -0.354 e. The van der Waals surface area contributed by atoms with Crippen LogP contribution in [0.15, 0.2) is 42.5 Å². The Labute approximate surface area is 261 Å². The lowest BCUT2D eigenvalue weighted by atomic mass is 9.68. The Morgan fingerprint density at radius 3 is 2.31 bits per heavy atom. The molecule has 228 valence electrons. The molecular formula is C34H46Cl2N4O2. The molecule has 6 nitrogen and oxygen atoms in total. The summed E-state index contributed by atoms with van der Waals surface area (Å²) in [4.78, 5) is 29.6. The Morgan fingerprint density at radius 2 is 1.64 bits per heavy atom. The third-order valence-corrected chi connectivity index (χ3v) is 10.4. The van der Waals surface area contributed by atoms with Gasteiger partial charge in [-0.1, -0.05) is 48.3 Å². The Bertz CT molecular complexity index is 1240. The van der Waals surface area contributed by atoms with Crippen LogP contribution in [0, 0.1) is 11.8 Å². The fourth-order valence-corrected chi connectivity index (χ4v) is 7.30. The first-order chi connectivity index (χ1) is 20.2. The molecule has 8 heteroatoms. The Morgan fingerprint density at radius 1 is 0.929 bits per heavy atom. The highest BCUT2D eigenvalue weighted by molar-refractivity contribution is 6.30. The number of halogens is 2. The van der Waals surface area contributed by atoms with Crippen LogP contribution in [-0.4, -0.2) is 60.5 Å². The molecule has 42 heavy (non-hydrogen) atoms. The zero-order chi connectivity index (χ0) is 29.9. The van der Waals surface area contributed by atoms with E-state index < -0.39 is 6.04 Å². The van der Waals surface area contributed by atoms with Crippen molar-refractivity contribution >= 4 is 35.0 Å². The highest BCUT2D eigenvalue weighted by atomic mass is 35.5. The molecule has 1 spiro atoms. The molecule has 2 amide bonds. The molecule has 1 aliphatic heterocycles. The minimum absolute atomic E-state index is 0.0573. The van der Waals surface area contributed by atoms with Gasteiger partial charge in [-0.25, -0.2) is 0 Å². The summed E-state index contributed by atoms with van der Waals surface area (Å²) in [7, 11) is 2.11. The van der Waals surface area contributed by atoms with Gasteiger partial charge >= 0.3 is 0 Å². The Hall–Kier alpha value is -2.12. The predicted octanol–water partition coefficient (Wildman–Crippen LogP) is 5.57. The zero-order valence-corrected chi connectivity index (χ0v) is 26.7. The first kappa shape index (κ1) is 31.3. The normalized spacial score (nSPS) is 28.1. The van der Waals surface area contributed by atoms with E-state index in [1.54, 1.807) is 0 Å². The summed E-state index contributed by atoms with van der Waals surface area (Å²) in [5.74, 6) is 0.827. The summed E-state index contributed by atoms with van der Waals surface area (Å²) in [6, 6.07) is 13.0. The number of aryl methyl sites for hydroxylation is 1. The van der Waals surface area contributed by atoms with Crippen LogP contribution >= 0.6 is 23.2 Å². The van der Waals surface area contributed by atoms with E-state index in [0.717, 1.165) is 49.2 Å². The summed E-state index contributed by atoms with van der Waals surface area (Å²) in [6.45, 7) is 5.77. The second-order valence-electron chi connectivity index (χ2n) is 13.0. The lowest BCUT2D eigenvalue weighted by molar-refractivity contribution is -0.135. The first-order valence-electron chi connectivity index (χ1n) is 15.7. The van der Waals surface area contributed by atoms with Gasteiger partial charge in [-0.15, -0.1) is 0 Å². The second-order valence-corrected chi connectivity index (χ2v) is 13.8. The maximum atomic E-state index is 13.8. The number of amides is 2. The van der Waals surface area contributed by atoms with E-state index in [4.69, 9.17) is 23.2 Å². The van der Waals surface area contributed by atoms with Gasteiger partial charge in [0.05, 0.1) is 6.04 Å². The molecule has 0 saturated heterocycles. The van der Waals surface area contributed by atoms with Crippen molar-refractivity contribution in [2.24, 2.45) is 11.8 Å². The minimum atomic E-state index is -0.671. The molecule has 3 N–H and O–H groups in total. The van der Waals surface area contributed by atoms with Crippen molar-refractivity contribution in [2.45, 2.75) is 95.3 Å². The number of hydrogen-bond acceptors (Lipinski definition) is 4. The smallest absolute Gasteiger partial charge is 0.242 e. The predicted molar refractivity (Wildman–Crippen MR) is 171 cm³/mol. The average molecular weight is 614 g/mol. The zero-order valence-electron chi connectivity index (χ0n) is 25.2. The van der Waals surface area contributed by atoms with Crippen molar-refractivity contribution < 1.29 is 9.59 Å². The monoisotopic (exact) mass is 612 g/mol. The number of nitrogens with one attached hydrogen (secondary N) is 3. The van der Waals surface area contributed by atoms with Gasteiger partial charge in [-0.3, -0.25) is 14.5 Å². The van der Waals surface area contributed by atoms with E-state index in [1.165, 1.54) is 30.4 Å². The van der Waals surface area contributed by atoms with Crippen LogP contribution in [-0.2, 0) is 28.9 Å². The molecule has 2 aromatic rings. The fourth-order valence-electron chi connectivity index (χ4n) is 6.98. The van der Waals surface area contributed by atoms with Gasteiger partial charge in [0.2, 0.25) is 11.8 Å². The van der Waals surface area contributed by atoms with Gasteiger partial charge in [0.1, 0.15) is 6.04 Å². The molecule has 0 unspecified atom stereocenters. The Kier molecular flexibility index (Phi) is 10.2. The van der Waals surface area contributed by atoms with E-state index in [2.05, 4.69) is 47.0 Å². The molecule has 3 aliphatic rings. The third kappa shape index (κ3) is 7.32. The van der Waals surface area contributed by atoms with E-state index in [9.17, 15) is 9.59 Å². The highest BCUT2D eigenvalue weighted by Crippen LogP contribution is 2.48. The molecular weight excluding hydrogens is 567 g/mol. The summed E-state index contributed by atoms with van der Waals surface area (Å²) in [5.41, 5.74) is 3.48. The maximum absolute atomic E-state index is 13.8. The standard InChI is InChI=1S/C34H46Cl2N4O2/c1-22-18-27-20-29(36)14-11-25(27)6-4-17-37-33(42)30(19-24-7-12-28(35)13-8-24)39-32(41)23(2)40(3)34(15-5-16-34)31(38-21-22)26-9-10-26/h7-8,11-14,20,22-23,26,30-31,38H,4-6,9-10,15-19,21H2,1-3H3,(H,37,42)(H,39,41)/t22-,23+,30+,31-/m0/s1. The van der Waals surface area contributed by atoms with Crippen molar-refractivity contribution in [3.05, 3.63) is 69.2 Å². The van der Waals surface area contributed by atoms with Crippen LogP contribution in [0.2, 0.25) is 10.0 Å². The molecule has 2 fully saturated rings. The van der Waals surface area contributed by atoms with Gasteiger partial charge in [0.25, 0.3) is 0 Å². The first-order valence-corrected chi connectivity index (χ1v) is 16.5. The third-order valence-electron chi connectivity index (χ3n) is 9.89. The van der Waals surface area contributed by atoms with Crippen LogP contribution in [0.5, 0.6) is 0 Å². The number of hydrogen-bond donors (Lipinski definition) is 3. The van der Waals surface area contributed by atoms with Gasteiger partial charge in [-0.05, 0) is 125 Å². The molecule has 1 heterocycles. The summed E-state index contributed by atoms with van der Waals surface area (Å²) >= 11 is 12.5. The number of rotatable bonds is 3. The highest BCUT2D eigenvalue weighted by Gasteiger charge is 2.54. The molecule has 4 atom stereocenters. The number of likely N-dealkylation sites (N-methyl/N-ethyl adjacent to an activating group) is 1. The summed E-state index contributed by atoms with van der Waals surface area (Å²) in [5, 5.41) is 11.7. The lowest BCUT2D eigenvalue weighted by Gasteiger charge is -2.56. The molecule has 2 aromatic carbocycles. The maximum Gasteiger partial charge on any atom is 0.242 e. The van der Waals surface area contributed by atoms with Crippen LogP contribution < -0.4 is 16.0 Å². The van der Waals surface area contributed by atoms with Crippen LogP contribution in [0.25, 0.3) is 0 Å². The summed E-state index contributed by atoms with van der Waals surface area (Å²) < 4.78 is 0. The largest absolute Gasteiger partial charge is 0.354 e. The van der Waals surface area contributed by atoms with Crippen molar-refractivity contribution in [1.29, 1.82) is 0 Å². The summed E-state index contributed by atoms with van der Waals surface area (Å²) in [6.07, 6.45) is 8.84. The second kappa shape index (κ2) is 13.7. The SMILES string of the molecule is C[C@@H]1CN[C@@H](C2CC2)C2(CCC2)N(C)[C@H](C)C(=O)N[C@H](Cc2ccc(Cl)cc2)C(=O)NCCCc2ccc(Cl)cc2C1. The number of carbonyl (C=O) groups is 2. The molecule has 0 bridgehead atoms. The Balaban J connectivity index is 1.42. The van der Waals surface area contributed by atoms with E-state index >= 15 is 0 Å². The molecule has 2 saturated carbocycles. The fraction of sp³-hybridized carbons (Fsp3) is 0.588. The van der Waals surface area contributed by atoms with Crippen LogP contribution in [0.3, 0.4) is 0 Å². The van der Waals surface area contributed by atoms with Crippen molar-refractivity contribution in [3.8, 4) is 0 Å². The van der Waals surface area contributed by atoms with Crippen molar-refractivity contribution in [1.82, 2.24) is 20.9 Å². The van der Waals surface area contributed by atoms with Gasteiger partial charge in [0, 0.05) is 34.6 Å². The van der Waals surface area contributed by atoms with Gasteiger partial charge in [0.15, 0.2) is 0 Å². The van der Waals surface area contributed by atoms with Crippen molar-refractivity contribution in [3.63, 3.8) is 0 Å². The van der Waals surface area contributed by atoms with Crippen LogP contribution in [0.1, 0.15) is 69.1 Å². The number of nitrogens with zero attached hydrogens (tertiary/aromatic N) is 1. The average Bonchev–Trinajstić information content (AvgIpc) is 3.78. The molecule has 2 aliphatic carbocycles. The molecule has 0 aromatic heterocycles. The van der Waals surface area contributed by atoms with Crippen LogP contribution in [0.4, 0.5) is 0 Å². The number of benzene rings is 2. The van der Waals surface area contributed by atoms with Gasteiger partial charge < -0.3 is 16.0 Å². The topological polar surface area (TPSA) is 73.5 Å². The van der Waals surface area contributed by atoms with Gasteiger partial charge in [-0.2, -0.15) is 0 Å². The van der Waals surface area contributed by atoms with E-state index in [0.29, 0.717) is 35.9 Å². The quantitative estimate of drug-likeness (QED) is 0.423. The molecule has 5 rings (SSSR count). The number of fused-ring (bicyclic) bond motifs is 1. The van der Waals surface area contributed by atoms with E-state index in [-0.39, 0.29) is 23.4 Å². The van der Waals surface area contributed by atoms with Crippen molar-refractivity contribution in [2.75, 3.05) is 20.1 Å². The lowest BCUT2D eigenvalue weighted by Crippen LogP contribution is -2.69. The van der Waals surface area contributed by atoms with E-state index in [1.807, 2.05) is 37.3 Å². The number of carbonyl (C=O) groups excluding carboxylic acids is 2. The molecule has 0 radical (unpaired) electrons.